The fraction of sp³-hybridized carbons (Fsp3) is 0.467. The highest BCUT2D eigenvalue weighted by Crippen LogP contribution is 2.17. The van der Waals surface area contributed by atoms with Crippen LogP contribution in [0, 0.1) is 5.92 Å². The number of hydrogen-bond donors (Lipinski definition) is 2. The summed E-state index contributed by atoms with van der Waals surface area (Å²) in [6, 6.07) is 9.74. The Morgan fingerprint density at radius 3 is 2.60 bits per heavy atom. The number of aliphatic imine (C=N–C) groups is 1. The van der Waals surface area contributed by atoms with E-state index < -0.39 is 0 Å². The number of carbonyl (C=O) groups excluding carboxylic acids is 1. The fourth-order valence-electron chi connectivity index (χ4n) is 2.36. The van der Waals surface area contributed by atoms with Crippen molar-refractivity contribution in [2.24, 2.45) is 16.6 Å². The van der Waals surface area contributed by atoms with Crippen molar-refractivity contribution in [1.82, 2.24) is 10.2 Å². The Kier molecular flexibility index (Phi) is 4.98. The van der Waals surface area contributed by atoms with Crippen LogP contribution < -0.4 is 11.1 Å². The molecule has 1 aromatic carbocycles. The second-order valence-corrected chi connectivity index (χ2v) is 5.17. The van der Waals surface area contributed by atoms with E-state index in [0.717, 1.165) is 38.2 Å². The number of guanidine groups is 1. The van der Waals surface area contributed by atoms with Crippen LogP contribution >= 0.6 is 0 Å². The Morgan fingerprint density at radius 2 is 2.00 bits per heavy atom. The van der Waals surface area contributed by atoms with Crippen LogP contribution in [0.3, 0.4) is 0 Å². The van der Waals surface area contributed by atoms with E-state index in [0.29, 0.717) is 11.9 Å². The summed E-state index contributed by atoms with van der Waals surface area (Å²) in [6.07, 6.45) is 2.07. The lowest BCUT2D eigenvalue weighted by atomic mass is 9.97. The number of amides is 1. The normalized spacial score (nSPS) is 17.1. The molecule has 1 aliphatic heterocycles. The zero-order chi connectivity index (χ0) is 14.4. The summed E-state index contributed by atoms with van der Waals surface area (Å²) < 4.78 is 0. The molecule has 20 heavy (non-hydrogen) atoms. The van der Waals surface area contributed by atoms with Crippen LogP contribution in [-0.4, -0.2) is 36.4 Å². The number of rotatable bonds is 3. The smallest absolute Gasteiger partial charge is 0.216 e. The first-order valence-electron chi connectivity index (χ1n) is 7.04. The molecule has 1 aliphatic rings. The topological polar surface area (TPSA) is 70.7 Å². The Morgan fingerprint density at radius 1 is 1.35 bits per heavy atom. The molecule has 3 N–H and O–H groups in total. The van der Waals surface area contributed by atoms with Crippen molar-refractivity contribution in [3.8, 4) is 0 Å². The first kappa shape index (κ1) is 14.4. The summed E-state index contributed by atoms with van der Waals surface area (Å²) in [7, 11) is 0. The fourth-order valence-corrected chi connectivity index (χ4v) is 2.36. The maximum Gasteiger partial charge on any atom is 0.216 e. The molecule has 1 amide bonds. The van der Waals surface area contributed by atoms with Gasteiger partial charge in [0.05, 0.1) is 5.69 Å². The lowest BCUT2D eigenvalue weighted by Crippen LogP contribution is -2.44. The zero-order valence-corrected chi connectivity index (χ0v) is 11.9. The Balaban J connectivity index is 1.84. The minimum atomic E-state index is 0.0394. The van der Waals surface area contributed by atoms with Crippen molar-refractivity contribution >= 4 is 17.6 Å². The van der Waals surface area contributed by atoms with Gasteiger partial charge in [-0.25, -0.2) is 4.99 Å². The molecule has 0 unspecified atom stereocenters. The van der Waals surface area contributed by atoms with Crippen molar-refractivity contribution in [1.29, 1.82) is 0 Å². The lowest BCUT2D eigenvalue weighted by Gasteiger charge is -2.32. The Hall–Kier alpha value is -2.04. The van der Waals surface area contributed by atoms with E-state index >= 15 is 0 Å². The van der Waals surface area contributed by atoms with Crippen molar-refractivity contribution < 1.29 is 4.79 Å². The van der Waals surface area contributed by atoms with E-state index in [-0.39, 0.29) is 5.91 Å². The number of carbonyl (C=O) groups is 1. The van der Waals surface area contributed by atoms with Crippen LogP contribution in [0.4, 0.5) is 5.69 Å². The predicted octanol–water partition coefficient (Wildman–Crippen LogP) is 1.48. The summed E-state index contributed by atoms with van der Waals surface area (Å²) in [6.45, 7) is 4.11. The minimum Gasteiger partial charge on any atom is -0.369 e. The van der Waals surface area contributed by atoms with Gasteiger partial charge in [-0.2, -0.15) is 0 Å². The van der Waals surface area contributed by atoms with Gasteiger partial charge in [-0.05, 0) is 30.9 Å². The van der Waals surface area contributed by atoms with Crippen LogP contribution in [0.2, 0.25) is 0 Å². The highest BCUT2D eigenvalue weighted by atomic mass is 16.1. The number of nitrogens with zero attached hydrogens (tertiary/aromatic N) is 2. The summed E-state index contributed by atoms with van der Waals surface area (Å²) in [5.41, 5.74) is 6.93. The SMILES string of the molecule is CC(=O)NCC1CCN(C(N)=Nc2ccccc2)CC1. The highest BCUT2D eigenvalue weighted by molar-refractivity contribution is 5.81. The predicted molar refractivity (Wildman–Crippen MR) is 80.7 cm³/mol. The summed E-state index contributed by atoms with van der Waals surface area (Å²) in [5.74, 6) is 1.16. The number of benzene rings is 1. The largest absolute Gasteiger partial charge is 0.369 e. The van der Waals surface area contributed by atoms with Gasteiger partial charge >= 0.3 is 0 Å². The summed E-state index contributed by atoms with van der Waals surface area (Å²) >= 11 is 0. The minimum absolute atomic E-state index is 0.0394. The lowest BCUT2D eigenvalue weighted by molar-refractivity contribution is -0.119. The number of piperidine rings is 1. The number of likely N-dealkylation sites (tertiary alicyclic amines) is 1. The number of hydrogen-bond acceptors (Lipinski definition) is 2. The van der Waals surface area contributed by atoms with Gasteiger partial charge in [0.1, 0.15) is 0 Å². The van der Waals surface area contributed by atoms with E-state index in [1.807, 2.05) is 30.3 Å². The Labute approximate surface area is 119 Å². The van der Waals surface area contributed by atoms with Crippen molar-refractivity contribution in [2.75, 3.05) is 19.6 Å². The molecule has 1 aromatic rings. The summed E-state index contributed by atoms with van der Waals surface area (Å²) in [5, 5.41) is 2.88. The third-order valence-corrected chi connectivity index (χ3v) is 3.58. The average molecular weight is 274 g/mol. The maximum absolute atomic E-state index is 10.9. The van der Waals surface area contributed by atoms with Crippen LogP contribution in [0.5, 0.6) is 0 Å². The van der Waals surface area contributed by atoms with Gasteiger partial charge in [-0.1, -0.05) is 18.2 Å². The molecule has 0 spiro atoms. The van der Waals surface area contributed by atoms with Gasteiger partial charge < -0.3 is 16.0 Å². The van der Waals surface area contributed by atoms with E-state index in [1.165, 1.54) is 0 Å². The second-order valence-electron chi connectivity index (χ2n) is 5.17. The van der Waals surface area contributed by atoms with Crippen LogP contribution in [0.25, 0.3) is 0 Å². The van der Waals surface area contributed by atoms with Gasteiger partial charge in [-0.15, -0.1) is 0 Å². The standard InChI is InChI=1S/C15H22N4O/c1-12(20)17-11-13-7-9-19(10-8-13)15(16)18-14-5-3-2-4-6-14/h2-6,13H,7-11H2,1H3,(H2,16,18)(H,17,20). The van der Waals surface area contributed by atoms with Crippen LogP contribution in [0.1, 0.15) is 19.8 Å². The van der Waals surface area contributed by atoms with Gasteiger partial charge in [0.15, 0.2) is 5.96 Å². The molecule has 108 valence electrons. The molecule has 0 aliphatic carbocycles. The van der Waals surface area contributed by atoms with E-state index in [2.05, 4.69) is 15.2 Å². The third-order valence-electron chi connectivity index (χ3n) is 3.58. The Bertz CT molecular complexity index is 464. The molecule has 5 nitrogen and oxygen atoms in total. The van der Waals surface area contributed by atoms with E-state index in [4.69, 9.17) is 5.73 Å². The third kappa shape index (κ3) is 4.26. The molecule has 0 radical (unpaired) electrons. The van der Waals surface area contributed by atoms with Gasteiger partial charge in [0, 0.05) is 26.6 Å². The van der Waals surface area contributed by atoms with Crippen LogP contribution in [0.15, 0.2) is 35.3 Å². The maximum atomic E-state index is 10.9. The molecule has 0 atom stereocenters. The zero-order valence-electron chi connectivity index (χ0n) is 11.9. The van der Waals surface area contributed by atoms with E-state index in [9.17, 15) is 4.79 Å². The molecular weight excluding hydrogens is 252 g/mol. The highest BCUT2D eigenvalue weighted by Gasteiger charge is 2.20. The molecule has 1 heterocycles. The number of para-hydroxylation sites is 1. The van der Waals surface area contributed by atoms with Gasteiger partial charge in [0.2, 0.25) is 5.91 Å². The number of nitrogens with two attached hydrogens (primary N) is 1. The van der Waals surface area contributed by atoms with Crippen LogP contribution in [-0.2, 0) is 4.79 Å². The monoisotopic (exact) mass is 274 g/mol. The van der Waals surface area contributed by atoms with Gasteiger partial charge in [-0.3, -0.25) is 4.79 Å². The second kappa shape index (κ2) is 6.93. The summed E-state index contributed by atoms with van der Waals surface area (Å²) in [4.78, 5) is 17.4. The van der Waals surface area contributed by atoms with Crippen molar-refractivity contribution in [2.45, 2.75) is 19.8 Å². The first-order chi connectivity index (χ1) is 9.65. The molecule has 1 saturated heterocycles. The van der Waals surface area contributed by atoms with Gasteiger partial charge in [0.25, 0.3) is 0 Å². The molecule has 0 saturated carbocycles. The average Bonchev–Trinajstić information content (AvgIpc) is 2.46. The van der Waals surface area contributed by atoms with E-state index in [1.54, 1.807) is 6.92 Å². The molecule has 1 fully saturated rings. The van der Waals surface area contributed by atoms with Crippen molar-refractivity contribution in [3.63, 3.8) is 0 Å². The molecule has 0 aromatic heterocycles. The van der Waals surface area contributed by atoms with Crippen molar-refractivity contribution in [3.05, 3.63) is 30.3 Å². The molecule has 0 bridgehead atoms. The quantitative estimate of drug-likeness (QED) is 0.648. The molecule has 5 heteroatoms. The molecule has 2 rings (SSSR count). The first-order valence-corrected chi connectivity index (χ1v) is 7.04. The number of nitrogens with one attached hydrogen (secondary N) is 1. The molecular formula is C15H22N4O.